The predicted molar refractivity (Wildman–Crippen MR) is 141 cm³/mol. The molecule has 1 aliphatic heterocycles. The SMILES string of the molecule is O=C1NCCN1c1cccc(C(=O)N(Cc2ccc(OCCc3ccccc3F)cc2)C2CCCC2)c1. The van der Waals surface area contributed by atoms with Gasteiger partial charge in [0.2, 0.25) is 0 Å². The molecule has 2 aliphatic rings. The van der Waals surface area contributed by atoms with Crippen LogP contribution in [0.15, 0.2) is 72.8 Å². The van der Waals surface area contributed by atoms with Crippen molar-refractivity contribution < 1.29 is 18.7 Å². The van der Waals surface area contributed by atoms with Crippen LogP contribution in [0.25, 0.3) is 0 Å². The van der Waals surface area contributed by atoms with Gasteiger partial charge in [0.15, 0.2) is 0 Å². The number of carbonyl (C=O) groups excluding carboxylic acids is 2. The van der Waals surface area contributed by atoms with Crippen LogP contribution in [-0.2, 0) is 13.0 Å². The maximum Gasteiger partial charge on any atom is 0.321 e. The van der Waals surface area contributed by atoms with Gasteiger partial charge in [-0.25, -0.2) is 9.18 Å². The molecule has 0 spiro atoms. The Morgan fingerprint density at radius 2 is 1.81 bits per heavy atom. The molecule has 0 unspecified atom stereocenters. The van der Waals surface area contributed by atoms with E-state index in [1.165, 1.54) is 6.07 Å². The van der Waals surface area contributed by atoms with Gasteiger partial charge in [0.25, 0.3) is 5.91 Å². The molecule has 0 radical (unpaired) electrons. The number of rotatable bonds is 9. The van der Waals surface area contributed by atoms with Crippen LogP contribution >= 0.6 is 0 Å². The van der Waals surface area contributed by atoms with Crippen molar-refractivity contribution in [3.8, 4) is 5.75 Å². The molecule has 1 N–H and O–H groups in total. The fraction of sp³-hybridized carbons (Fsp3) is 0.333. The van der Waals surface area contributed by atoms with Gasteiger partial charge < -0.3 is 15.0 Å². The Bertz CT molecular complexity index is 1240. The Kier molecular flexibility index (Phi) is 7.68. The third-order valence-electron chi connectivity index (χ3n) is 7.16. The lowest BCUT2D eigenvalue weighted by Crippen LogP contribution is -2.38. The molecule has 7 heteroatoms. The van der Waals surface area contributed by atoms with Crippen LogP contribution in [0.2, 0.25) is 0 Å². The average Bonchev–Trinajstić information content (AvgIpc) is 3.61. The van der Waals surface area contributed by atoms with Crippen molar-refractivity contribution in [2.75, 3.05) is 24.6 Å². The molecule has 192 valence electrons. The summed E-state index contributed by atoms with van der Waals surface area (Å²) in [5.41, 5.74) is 3.00. The molecule has 1 heterocycles. The summed E-state index contributed by atoms with van der Waals surface area (Å²) in [6, 6.07) is 21.9. The van der Waals surface area contributed by atoms with Crippen molar-refractivity contribution in [2.45, 2.75) is 44.7 Å². The summed E-state index contributed by atoms with van der Waals surface area (Å²) in [6.45, 7) is 2.09. The van der Waals surface area contributed by atoms with E-state index in [1.54, 1.807) is 17.0 Å². The molecule has 3 amide bonds. The summed E-state index contributed by atoms with van der Waals surface area (Å²) in [7, 11) is 0. The zero-order valence-corrected chi connectivity index (χ0v) is 20.9. The highest BCUT2D eigenvalue weighted by atomic mass is 19.1. The van der Waals surface area contributed by atoms with E-state index in [-0.39, 0.29) is 23.8 Å². The summed E-state index contributed by atoms with van der Waals surface area (Å²) in [5.74, 6) is 0.487. The minimum Gasteiger partial charge on any atom is -0.493 e. The second-order valence-electron chi connectivity index (χ2n) is 9.64. The van der Waals surface area contributed by atoms with Crippen molar-refractivity contribution in [1.29, 1.82) is 0 Å². The first kappa shape index (κ1) is 24.8. The number of hydrogen-bond acceptors (Lipinski definition) is 3. The number of nitrogens with one attached hydrogen (secondary N) is 1. The van der Waals surface area contributed by atoms with Crippen LogP contribution in [0.1, 0.15) is 47.2 Å². The van der Waals surface area contributed by atoms with E-state index in [0.717, 1.165) is 42.7 Å². The van der Waals surface area contributed by atoms with E-state index < -0.39 is 0 Å². The minimum absolute atomic E-state index is 0.0152. The van der Waals surface area contributed by atoms with Crippen molar-refractivity contribution in [3.63, 3.8) is 0 Å². The minimum atomic E-state index is -0.215. The molecule has 0 atom stereocenters. The number of anilines is 1. The van der Waals surface area contributed by atoms with E-state index in [9.17, 15) is 14.0 Å². The normalized spacial score (nSPS) is 15.6. The second-order valence-corrected chi connectivity index (χ2v) is 9.64. The topological polar surface area (TPSA) is 61.9 Å². The molecule has 5 rings (SSSR count). The molecule has 1 aliphatic carbocycles. The van der Waals surface area contributed by atoms with Crippen molar-refractivity contribution >= 4 is 17.6 Å². The number of halogens is 1. The van der Waals surface area contributed by atoms with E-state index in [0.29, 0.717) is 43.8 Å². The quantitative estimate of drug-likeness (QED) is 0.418. The number of carbonyl (C=O) groups is 2. The Morgan fingerprint density at radius 1 is 1.03 bits per heavy atom. The van der Waals surface area contributed by atoms with Gasteiger partial charge in [0.05, 0.1) is 6.61 Å². The molecular formula is C30H32FN3O3. The molecule has 1 saturated carbocycles. The predicted octanol–water partition coefficient (Wildman–Crippen LogP) is 5.56. The van der Waals surface area contributed by atoms with E-state index in [1.807, 2.05) is 59.5 Å². The largest absolute Gasteiger partial charge is 0.493 e. The van der Waals surface area contributed by atoms with Gasteiger partial charge in [-0.3, -0.25) is 9.69 Å². The van der Waals surface area contributed by atoms with E-state index in [4.69, 9.17) is 4.74 Å². The Labute approximate surface area is 217 Å². The van der Waals surface area contributed by atoms with Gasteiger partial charge in [-0.05, 0) is 60.4 Å². The summed E-state index contributed by atoms with van der Waals surface area (Å²) in [5, 5.41) is 2.81. The van der Waals surface area contributed by atoms with E-state index in [2.05, 4.69) is 5.32 Å². The molecule has 6 nitrogen and oxygen atoms in total. The van der Waals surface area contributed by atoms with Crippen LogP contribution in [-0.4, -0.2) is 42.6 Å². The first-order valence-corrected chi connectivity index (χ1v) is 13.0. The molecule has 3 aromatic carbocycles. The number of urea groups is 1. The second kappa shape index (κ2) is 11.5. The molecule has 1 saturated heterocycles. The highest BCUT2D eigenvalue weighted by Gasteiger charge is 2.29. The zero-order valence-electron chi connectivity index (χ0n) is 20.9. The van der Waals surface area contributed by atoms with Gasteiger partial charge in [-0.15, -0.1) is 0 Å². The first-order valence-electron chi connectivity index (χ1n) is 13.0. The summed E-state index contributed by atoms with van der Waals surface area (Å²) >= 11 is 0. The monoisotopic (exact) mass is 501 g/mol. The maximum absolute atomic E-state index is 13.8. The summed E-state index contributed by atoms with van der Waals surface area (Å²) in [4.78, 5) is 29.5. The molecular weight excluding hydrogens is 469 g/mol. The van der Waals surface area contributed by atoms with Crippen LogP contribution in [0.3, 0.4) is 0 Å². The van der Waals surface area contributed by atoms with Gasteiger partial charge in [0.1, 0.15) is 11.6 Å². The number of hydrogen-bond donors (Lipinski definition) is 1. The van der Waals surface area contributed by atoms with Crippen LogP contribution in [0, 0.1) is 5.82 Å². The maximum atomic E-state index is 13.8. The van der Waals surface area contributed by atoms with Gasteiger partial charge >= 0.3 is 6.03 Å². The van der Waals surface area contributed by atoms with Crippen molar-refractivity contribution in [1.82, 2.24) is 10.2 Å². The Balaban J connectivity index is 1.26. The Morgan fingerprint density at radius 3 is 2.54 bits per heavy atom. The summed E-state index contributed by atoms with van der Waals surface area (Å²) < 4.78 is 19.6. The van der Waals surface area contributed by atoms with Crippen molar-refractivity contribution in [2.24, 2.45) is 0 Å². The van der Waals surface area contributed by atoms with Crippen LogP contribution in [0.5, 0.6) is 5.75 Å². The highest BCUT2D eigenvalue weighted by Crippen LogP contribution is 2.28. The third-order valence-corrected chi connectivity index (χ3v) is 7.16. The molecule has 2 fully saturated rings. The average molecular weight is 502 g/mol. The number of ether oxygens (including phenoxy) is 1. The lowest BCUT2D eigenvalue weighted by Gasteiger charge is -2.30. The Hall–Kier alpha value is -3.87. The van der Waals surface area contributed by atoms with Gasteiger partial charge in [-0.1, -0.05) is 49.2 Å². The molecule has 37 heavy (non-hydrogen) atoms. The van der Waals surface area contributed by atoms with Crippen LogP contribution < -0.4 is 15.0 Å². The summed E-state index contributed by atoms with van der Waals surface area (Å²) in [6.07, 6.45) is 4.74. The van der Waals surface area contributed by atoms with Crippen molar-refractivity contribution in [3.05, 3.63) is 95.3 Å². The number of benzene rings is 3. The fourth-order valence-corrected chi connectivity index (χ4v) is 5.14. The zero-order chi connectivity index (χ0) is 25.6. The lowest BCUT2D eigenvalue weighted by atomic mass is 10.1. The third kappa shape index (κ3) is 5.93. The van der Waals surface area contributed by atoms with Gasteiger partial charge in [0, 0.05) is 43.3 Å². The first-order chi connectivity index (χ1) is 18.1. The fourth-order valence-electron chi connectivity index (χ4n) is 5.14. The highest BCUT2D eigenvalue weighted by molar-refractivity contribution is 5.98. The number of nitrogens with zero attached hydrogens (tertiary/aromatic N) is 2. The standard InChI is InChI=1S/C30H32FN3O3/c31-28-11-4-1-6-23(28)16-19-37-27-14-12-22(13-15-27)21-34(25-8-2-3-9-25)29(35)24-7-5-10-26(20-24)33-18-17-32-30(33)36/h1,4-7,10-15,20,25H,2-3,8-9,16-19,21H2,(H,32,36). The molecule has 0 bridgehead atoms. The smallest absolute Gasteiger partial charge is 0.321 e. The van der Waals surface area contributed by atoms with Crippen LogP contribution in [0.4, 0.5) is 14.9 Å². The lowest BCUT2D eigenvalue weighted by molar-refractivity contribution is 0.0664. The van der Waals surface area contributed by atoms with Gasteiger partial charge in [-0.2, -0.15) is 0 Å². The molecule has 0 aromatic heterocycles. The van der Waals surface area contributed by atoms with E-state index >= 15 is 0 Å². The number of amides is 3. The molecule has 3 aromatic rings.